The fourth-order valence-electron chi connectivity index (χ4n) is 2.02. The lowest BCUT2D eigenvalue weighted by Crippen LogP contribution is -2.32. The van der Waals surface area contributed by atoms with Crippen molar-refractivity contribution in [3.05, 3.63) is 59.7 Å². The highest BCUT2D eigenvalue weighted by atomic mass is 16.6. The second-order valence-corrected chi connectivity index (χ2v) is 6.43. The quantitative estimate of drug-likeness (QED) is 0.870. The van der Waals surface area contributed by atoms with E-state index in [0.717, 1.165) is 11.1 Å². The molecule has 0 spiro atoms. The Labute approximate surface area is 142 Å². The molecule has 128 valence electrons. The van der Waals surface area contributed by atoms with Crippen LogP contribution in [0.25, 0.3) is 0 Å². The number of nitrogens with one attached hydrogen (secondary N) is 1. The summed E-state index contributed by atoms with van der Waals surface area (Å²) in [7, 11) is 0. The van der Waals surface area contributed by atoms with Crippen molar-refractivity contribution in [3.8, 4) is 11.5 Å². The first-order valence-electron chi connectivity index (χ1n) is 7.79. The molecule has 0 atom stereocenters. The summed E-state index contributed by atoms with van der Waals surface area (Å²) in [5, 5.41) is 12.7. The fourth-order valence-corrected chi connectivity index (χ4v) is 2.02. The van der Waals surface area contributed by atoms with Crippen molar-refractivity contribution >= 4 is 6.09 Å². The maximum absolute atomic E-state index is 11.6. The molecule has 0 aliphatic heterocycles. The zero-order valence-electron chi connectivity index (χ0n) is 14.2. The van der Waals surface area contributed by atoms with Crippen molar-refractivity contribution in [2.24, 2.45) is 0 Å². The molecule has 2 aromatic carbocycles. The molecule has 0 saturated carbocycles. The van der Waals surface area contributed by atoms with Gasteiger partial charge in [0.25, 0.3) is 0 Å². The molecular formula is C19H23NO4. The van der Waals surface area contributed by atoms with Gasteiger partial charge in [-0.2, -0.15) is 0 Å². The van der Waals surface area contributed by atoms with Gasteiger partial charge in [-0.25, -0.2) is 4.79 Å². The minimum atomic E-state index is -0.540. The standard InChI is InChI=1S/C19H23NO4/c1-19(2,3)24-18(22)20-12-15-9-10-17(16(21)11-15)23-13-14-7-5-4-6-8-14/h4-11,21H,12-13H2,1-3H3,(H,20,22). The Morgan fingerprint density at radius 3 is 2.42 bits per heavy atom. The lowest BCUT2D eigenvalue weighted by Gasteiger charge is -2.19. The largest absolute Gasteiger partial charge is 0.504 e. The van der Waals surface area contributed by atoms with E-state index in [9.17, 15) is 9.90 Å². The van der Waals surface area contributed by atoms with Crippen LogP contribution in [0.5, 0.6) is 11.5 Å². The molecule has 0 heterocycles. The first kappa shape index (κ1) is 17.7. The Morgan fingerprint density at radius 1 is 1.08 bits per heavy atom. The van der Waals surface area contributed by atoms with E-state index in [1.807, 2.05) is 30.3 Å². The molecule has 0 radical (unpaired) electrons. The van der Waals surface area contributed by atoms with Gasteiger partial charge in [0.15, 0.2) is 11.5 Å². The third-order valence-electron chi connectivity index (χ3n) is 3.10. The van der Waals surface area contributed by atoms with E-state index in [2.05, 4.69) is 5.32 Å². The van der Waals surface area contributed by atoms with E-state index < -0.39 is 11.7 Å². The molecule has 0 fully saturated rings. The molecule has 0 aliphatic carbocycles. The van der Waals surface area contributed by atoms with Crippen LogP contribution in [0.2, 0.25) is 0 Å². The monoisotopic (exact) mass is 329 g/mol. The molecule has 5 heteroatoms. The molecule has 24 heavy (non-hydrogen) atoms. The summed E-state index contributed by atoms with van der Waals surface area (Å²) < 4.78 is 10.8. The number of carbonyl (C=O) groups is 1. The second-order valence-electron chi connectivity index (χ2n) is 6.43. The summed E-state index contributed by atoms with van der Waals surface area (Å²) in [5.41, 5.74) is 1.24. The molecule has 5 nitrogen and oxygen atoms in total. The van der Waals surface area contributed by atoms with Crippen molar-refractivity contribution in [2.75, 3.05) is 0 Å². The van der Waals surface area contributed by atoms with Crippen LogP contribution in [-0.4, -0.2) is 16.8 Å². The normalized spacial score (nSPS) is 11.0. The van der Waals surface area contributed by atoms with Crippen molar-refractivity contribution in [3.63, 3.8) is 0 Å². The van der Waals surface area contributed by atoms with Gasteiger partial charge >= 0.3 is 6.09 Å². The highest BCUT2D eigenvalue weighted by molar-refractivity contribution is 5.67. The smallest absolute Gasteiger partial charge is 0.407 e. The molecular weight excluding hydrogens is 306 g/mol. The van der Waals surface area contributed by atoms with Gasteiger partial charge in [0.1, 0.15) is 12.2 Å². The van der Waals surface area contributed by atoms with Crippen LogP contribution in [-0.2, 0) is 17.9 Å². The van der Waals surface area contributed by atoms with Crippen LogP contribution in [0.3, 0.4) is 0 Å². The number of hydrogen-bond donors (Lipinski definition) is 2. The molecule has 0 aliphatic rings. The maximum atomic E-state index is 11.6. The van der Waals surface area contributed by atoms with Crippen LogP contribution < -0.4 is 10.1 Å². The summed E-state index contributed by atoms with van der Waals surface area (Å²) in [4.78, 5) is 11.6. The molecule has 0 saturated heterocycles. The van der Waals surface area contributed by atoms with Crippen molar-refractivity contribution < 1.29 is 19.4 Å². The number of amides is 1. The van der Waals surface area contributed by atoms with Gasteiger partial charge < -0.3 is 19.9 Å². The van der Waals surface area contributed by atoms with E-state index in [1.165, 1.54) is 0 Å². The van der Waals surface area contributed by atoms with Gasteiger partial charge in [-0.3, -0.25) is 0 Å². The summed E-state index contributed by atoms with van der Waals surface area (Å²) in [5.74, 6) is 0.439. The number of phenolic OH excluding ortho intramolecular Hbond substituents is 1. The number of carbonyl (C=O) groups excluding carboxylic acids is 1. The molecule has 2 aromatic rings. The van der Waals surface area contributed by atoms with Gasteiger partial charge in [-0.05, 0) is 44.0 Å². The summed E-state index contributed by atoms with van der Waals surface area (Å²) in [6.07, 6.45) is -0.494. The van der Waals surface area contributed by atoms with Crippen LogP contribution in [0.15, 0.2) is 48.5 Å². The summed E-state index contributed by atoms with van der Waals surface area (Å²) in [6, 6.07) is 14.8. The van der Waals surface area contributed by atoms with Crippen molar-refractivity contribution in [1.82, 2.24) is 5.32 Å². The number of ether oxygens (including phenoxy) is 2. The van der Waals surface area contributed by atoms with Gasteiger partial charge in [-0.15, -0.1) is 0 Å². The maximum Gasteiger partial charge on any atom is 0.407 e. The number of alkyl carbamates (subject to hydrolysis) is 1. The van der Waals surface area contributed by atoms with Gasteiger partial charge in [0.05, 0.1) is 0 Å². The summed E-state index contributed by atoms with van der Waals surface area (Å²) >= 11 is 0. The topological polar surface area (TPSA) is 67.8 Å². The first-order chi connectivity index (χ1) is 11.3. The molecule has 0 bridgehead atoms. The third-order valence-corrected chi connectivity index (χ3v) is 3.10. The van der Waals surface area contributed by atoms with Crippen LogP contribution in [0.1, 0.15) is 31.9 Å². The van der Waals surface area contributed by atoms with Crippen molar-refractivity contribution in [1.29, 1.82) is 0 Å². The predicted octanol–water partition coefficient (Wildman–Crippen LogP) is 4.00. The average molecular weight is 329 g/mol. The lowest BCUT2D eigenvalue weighted by atomic mass is 10.2. The minimum absolute atomic E-state index is 0.0365. The average Bonchev–Trinajstić information content (AvgIpc) is 2.51. The Bertz CT molecular complexity index is 678. The zero-order chi connectivity index (χ0) is 17.6. The first-order valence-corrected chi connectivity index (χ1v) is 7.79. The molecule has 0 aromatic heterocycles. The van der Waals surface area contributed by atoms with E-state index in [0.29, 0.717) is 12.4 Å². The number of phenols is 1. The number of rotatable bonds is 5. The van der Waals surface area contributed by atoms with E-state index >= 15 is 0 Å². The Hall–Kier alpha value is -2.69. The molecule has 2 rings (SSSR count). The lowest BCUT2D eigenvalue weighted by molar-refractivity contribution is 0.0523. The third kappa shape index (κ3) is 5.83. The van der Waals surface area contributed by atoms with Crippen LogP contribution >= 0.6 is 0 Å². The Kier molecular flexibility index (Phi) is 5.68. The predicted molar refractivity (Wildman–Crippen MR) is 92.0 cm³/mol. The van der Waals surface area contributed by atoms with E-state index in [4.69, 9.17) is 9.47 Å². The molecule has 0 unspecified atom stereocenters. The van der Waals surface area contributed by atoms with E-state index in [-0.39, 0.29) is 12.3 Å². The Morgan fingerprint density at radius 2 is 1.79 bits per heavy atom. The number of aromatic hydroxyl groups is 1. The second kappa shape index (κ2) is 7.73. The fraction of sp³-hybridized carbons (Fsp3) is 0.316. The van der Waals surface area contributed by atoms with Crippen molar-refractivity contribution in [2.45, 2.75) is 39.5 Å². The van der Waals surface area contributed by atoms with Gasteiger partial charge in [-0.1, -0.05) is 36.4 Å². The Balaban J connectivity index is 1.88. The molecule has 1 amide bonds. The van der Waals surface area contributed by atoms with Gasteiger partial charge in [0.2, 0.25) is 0 Å². The number of benzene rings is 2. The van der Waals surface area contributed by atoms with Crippen LogP contribution in [0.4, 0.5) is 4.79 Å². The van der Waals surface area contributed by atoms with Crippen LogP contribution in [0, 0.1) is 0 Å². The summed E-state index contributed by atoms with van der Waals surface area (Å²) in [6.45, 7) is 6.05. The highest BCUT2D eigenvalue weighted by Gasteiger charge is 2.15. The number of hydrogen-bond acceptors (Lipinski definition) is 4. The van der Waals surface area contributed by atoms with Gasteiger partial charge in [0, 0.05) is 6.54 Å². The highest BCUT2D eigenvalue weighted by Crippen LogP contribution is 2.27. The minimum Gasteiger partial charge on any atom is -0.504 e. The van der Waals surface area contributed by atoms with E-state index in [1.54, 1.807) is 39.0 Å². The zero-order valence-corrected chi connectivity index (χ0v) is 14.2. The SMILES string of the molecule is CC(C)(C)OC(=O)NCc1ccc(OCc2ccccc2)c(O)c1. The molecule has 2 N–H and O–H groups in total.